The molecule has 0 saturated heterocycles. The number of aromatic nitrogens is 3. The van der Waals surface area contributed by atoms with E-state index in [0.717, 1.165) is 44.9 Å². The number of esters is 1. The van der Waals surface area contributed by atoms with E-state index >= 15 is 0 Å². The molecule has 4 aromatic rings. The molecule has 0 bridgehead atoms. The zero-order valence-corrected chi connectivity index (χ0v) is 25.0. The Balaban J connectivity index is 1.63. The fourth-order valence-corrected chi connectivity index (χ4v) is 4.89. The van der Waals surface area contributed by atoms with Gasteiger partial charge in [0.05, 0.1) is 18.9 Å². The number of ether oxygens (including phenoxy) is 3. The summed E-state index contributed by atoms with van der Waals surface area (Å²) in [6.07, 6.45) is 2.16. The molecular formula is C34H36N4O4. The van der Waals surface area contributed by atoms with Crippen molar-refractivity contribution in [2.75, 3.05) is 13.2 Å². The van der Waals surface area contributed by atoms with E-state index in [2.05, 4.69) is 31.8 Å². The van der Waals surface area contributed by atoms with E-state index in [-0.39, 0.29) is 30.8 Å². The average molecular weight is 565 g/mol. The van der Waals surface area contributed by atoms with Crippen LogP contribution in [-0.2, 0) is 16.1 Å². The van der Waals surface area contributed by atoms with Crippen molar-refractivity contribution in [2.45, 2.75) is 66.4 Å². The lowest BCUT2D eigenvalue weighted by Gasteiger charge is -2.15. The Labute approximate surface area is 247 Å². The minimum Gasteiger partial charge on any atom is -0.489 e. The van der Waals surface area contributed by atoms with Crippen LogP contribution in [0.5, 0.6) is 11.5 Å². The molecule has 0 spiro atoms. The molecular weight excluding hydrogens is 528 g/mol. The van der Waals surface area contributed by atoms with Crippen molar-refractivity contribution in [3.05, 3.63) is 76.7 Å². The molecule has 42 heavy (non-hydrogen) atoms. The van der Waals surface area contributed by atoms with Gasteiger partial charge in [-0.2, -0.15) is 10.4 Å². The molecule has 0 fully saturated rings. The molecule has 0 aliphatic heterocycles. The van der Waals surface area contributed by atoms with E-state index in [9.17, 15) is 4.79 Å². The Bertz CT molecular complexity index is 1650. The van der Waals surface area contributed by atoms with Crippen LogP contribution in [0.25, 0.3) is 16.8 Å². The van der Waals surface area contributed by atoms with Crippen LogP contribution < -0.4 is 9.47 Å². The summed E-state index contributed by atoms with van der Waals surface area (Å²) in [4.78, 5) is 16.9. The summed E-state index contributed by atoms with van der Waals surface area (Å²) < 4.78 is 18.7. The summed E-state index contributed by atoms with van der Waals surface area (Å²) in [5.74, 6) is 7.82. The number of carbonyl (C=O) groups is 1. The first-order valence-corrected chi connectivity index (χ1v) is 14.0. The van der Waals surface area contributed by atoms with Gasteiger partial charge in [-0.25, -0.2) is 9.50 Å². The predicted molar refractivity (Wildman–Crippen MR) is 161 cm³/mol. The van der Waals surface area contributed by atoms with Crippen molar-refractivity contribution in [3.8, 4) is 40.5 Å². The molecule has 0 N–H and O–H groups in total. The maximum Gasteiger partial charge on any atom is 0.307 e. The first-order chi connectivity index (χ1) is 20.2. The number of carbonyl (C=O) groups excluding carboxylic acids is 1. The van der Waals surface area contributed by atoms with Crippen LogP contribution in [0, 0.1) is 37.0 Å². The summed E-state index contributed by atoms with van der Waals surface area (Å²) in [5, 5.41) is 13.7. The molecule has 0 amide bonds. The molecule has 2 aromatic carbocycles. The fourth-order valence-electron chi connectivity index (χ4n) is 4.89. The Morgan fingerprint density at radius 3 is 2.38 bits per heavy atom. The average Bonchev–Trinajstić information content (AvgIpc) is 3.40. The number of hydrogen-bond acceptors (Lipinski definition) is 7. The Hall–Kier alpha value is -4.82. The Kier molecular flexibility index (Phi) is 9.83. The van der Waals surface area contributed by atoms with E-state index in [0.29, 0.717) is 24.7 Å². The van der Waals surface area contributed by atoms with Crippen LogP contribution in [0.15, 0.2) is 48.7 Å². The second-order valence-corrected chi connectivity index (χ2v) is 10.3. The maximum atomic E-state index is 12.0. The third-order valence-electron chi connectivity index (χ3n) is 6.78. The summed E-state index contributed by atoms with van der Waals surface area (Å²) in [5.41, 5.74) is 6.66. The van der Waals surface area contributed by atoms with Crippen LogP contribution >= 0.6 is 0 Å². The van der Waals surface area contributed by atoms with Gasteiger partial charge in [-0.15, -0.1) is 5.92 Å². The number of benzene rings is 2. The summed E-state index contributed by atoms with van der Waals surface area (Å²) in [6, 6.07) is 15.7. The maximum absolute atomic E-state index is 12.0. The van der Waals surface area contributed by atoms with Crippen LogP contribution in [-0.4, -0.2) is 33.8 Å². The molecule has 2 aromatic heterocycles. The molecule has 8 heteroatoms. The van der Waals surface area contributed by atoms with Gasteiger partial charge in [0.15, 0.2) is 18.1 Å². The van der Waals surface area contributed by atoms with E-state index < -0.39 is 0 Å². The summed E-state index contributed by atoms with van der Waals surface area (Å²) in [6.45, 7) is 12.4. The quantitative estimate of drug-likeness (QED) is 0.148. The van der Waals surface area contributed by atoms with Gasteiger partial charge in [0.25, 0.3) is 0 Å². The third kappa shape index (κ3) is 7.08. The first-order valence-electron chi connectivity index (χ1n) is 14.0. The third-order valence-corrected chi connectivity index (χ3v) is 6.78. The molecule has 8 nitrogen and oxygen atoms in total. The van der Waals surface area contributed by atoms with Crippen molar-refractivity contribution in [3.63, 3.8) is 0 Å². The van der Waals surface area contributed by atoms with Gasteiger partial charge < -0.3 is 14.2 Å². The lowest BCUT2D eigenvalue weighted by molar-refractivity contribution is -0.143. The van der Waals surface area contributed by atoms with Gasteiger partial charge in [0.1, 0.15) is 24.2 Å². The van der Waals surface area contributed by atoms with E-state index in [1.165, 1.54) is 0 Å². The van der Waals surface area contributed by atoms with Crippen LogP contribution in [0.4, 0.5) is 0 Å². The fraction of sp³-hybridized carbons (Fsp3) is 0.353. The lowest BCUT2D eigenvalue weighted by atomic mass is 9.95. The van der Waals surface area contributed by atoms with Crippen molar-refractivity contribution in [1.82, 2.24) is 14.6 Å². The lowest BCUT2D eigenvalue weighted by Crippen LogP contribution is -2.09. The normalized spacial score (nSPS) is 11.5. The second-order valence-electron chi connectivity index (χ2n) is 10.3. The molecule has 216 valence electrons. The van der Waals surface area contributed by atoms with Gasteiger partial charge >= 0.3 is 5.97 Å². The Morgan fingerprint density at radius 2 is 1.76 bits per heavy atom. The van der Waals surface area contributed by atoms with E-state index in [1.54, 1.807) is 13.8 Å². The Morgan fingerprint density at radius 1 is 1.05 bits per heavy atom. The minimum atomic E-state index is -0.264. The van der Waals surface area contributed by atoms with Gasteiger partial charge in [-0.3, -0.25) is 4.79 Å². The second kappa shape index (κ2) is 13.7. The van der Waals surface area contributed by atoms with Crippen molar-refractivity contribution < 1.29 is 19.0 Å². The molecule has 0 saturated carbocycles. The van der Waals surface area contributed by atoms with Gasteiger partial charge in [0, 0.05) is 23.2 Å². The molecule has 2 heterocycles. The minimum absolute atomic E-state index is 0.00371. The molecule has 0 aliphatic rings. The SMILES string of the molecule is CC#C[C@@H](CC(=O)OCC)c1ccc(OCc2cc(-c3c(C)cc(OCC#N)cc3C)c3nc(C(C)C)nn3c2)cc1. The van der Waals surface area contributed by atoms with Crippen LogP contribution in [0.1, 0.15) is 74.0 Å². The van der Waals surface area contributed by atoms with Gasteiger partial charge in [0.2, 0.25) is 0 Å². The standard InChI is InChI=1S/C34H36N4O4/c1-7-9-27(19-31(39)40-8-2)26-10-12-28(13-11-26)42-21-25-18-30(34-36-33(22(3)4)37-38(34)20-25)32-23(5)16-29(17-24(32)6)41-15-14-35/h10-13,16-18,20,22,27H,8,15,19,21H2,1-6H3/t27-/m0/s1. The van der Waals surface area contributed by atoms with Crippen molar-refractivity contribution in [2.24, 2.45) is 0 Å². The highest BCUT2D eigenvalue weighted by Crippen LogP contribution is 2.34. The van der Waals surface area contributed by atoms with Crippen LogP contribution in [0.3, 0.4) is 0 Å². The number of fused-ring (bicyclic) bond motifs is 1. The molecule has 0 aliphatic carbocycles. The molecule has 0 unspecified atom stereocenters. The van der Waals surface area contributed by atoms with Gasteiger partial charge in [-0.1, -0.05) is 31.9 Å². The van der Waals surface area contributed by atoms with Crippen molar-refractivity contribution >= 4 is 11.6 Å². The highest BCUT2D eigenvalue weighted by atomic mass is 16.5. The van der Waals surface area contributed by atoms with E-state index in [1.807, 2.05) is 67.0 Å². The number of pyridine rings is 1. The first kappa shape index (κ1) is 30.1. The summed E-state index contributed by atoms with van der Waals surface area (Å²) >= 11 is 0. The monoisotopic (exact) mass is 564 g/mol. The van der Waals surface area contributed by atoms with Gasteiger partial charge in [-0.05, 0) is 80.3 Å². The smallest absolute Gasteiger partial charge is 0.307 e. The summed E-state index contributed by atoms with van der Waals surface area (Å²) in [7, 11) is 0. The van der Waals surface area contributed by atoms with Crippen molar-refractivity contribution in [1.29, 1.82) is 5.26 Å². The number of aryl methyl sites for hydroxylation is 2. The molecule has 1 atom stereocenters. The largest absolute Gasteiger partial charge is 0.489 e. The predicted octanol–water partition coefficient (Wildman–Crippen LogP) is 6.68. The highest BCUT2D eigenvalue weighted by Gasteiger charge is 2.18. The number of nitriles is 1. The topological polar surface area (TPSA) is 98.7 Å². The number of nitrogens with zero attached hydrogens (tertiary/aromatic N) is 4. The number of hydrogen-bond donors (Lipinski definition) is 0. The zero-order valence-electron chi connectivity index (χ0n) is 25.0. The highest BCUT2D eigenvalue weighted by molar-refractivity contribution is 5.82. The number of rotatable bonds is 11. The van der Waals surface area contributed by atoms with Crippen LogP contribution in [0.2, 0.25) is 0 Å². The zero-order chi connectivity index (χ0) is 30.2. The molecule has 4 rings (SSSR count). The molecule has 0 radical (unpaired) electrons. The van der Waals surface area contributed by atoms with E-state index in [4.69, 9.17) is 29.6 Å².